The predicted octanol–water partition coefficient (Wildman–Crippen LogP) is 2.44. The van der Waals surface area contributed by atoms with Gasteiger partial charge in [-0.05, 0) is 18.2 Å². The van der Waals surface area contributed by atoms with E-state index in [9.17, 15) is 9.59 Å². The monoisotopic (exact) mass is 245 g/mol. The molecule has 0 aliphatic heterocycles. The Morgan fingerprint density at radius 1 is 1.28 bits per heavy atom. The first kappa shape index (κ1) is 12.3. The van der Waals surface area contributed by atoms with Gasteiger partial charge in [-0.15, -0.1) is 0 Å². The standard InChI is InChI=1S/C13H15N3O2/c1-3-12(17)15-10-6-5-9-8-14-16(11(9)7-10)13(18)4-2/h5-8H,3-4H2,1-2H3,(H,15,17). The van der Waals surface area contributed by atoms with E-state index in [0.717, 1.165) is 10.9 Å². The lowest BCUT2D eigenvalue weighted by molar-refractivity contribution is -0.115. The number of carbonyl (C=O) groups excluding carboxylic acids is 2. The lowest BCUT2D eigenvalue weighted by Crippen LogP contribution is -2.11. The number of hydrogen-bond donors (Lipinski definition) is 1. The summed E-state index contributed by atoms with van der Waals surface area (Å²) in [7, 11) is 0. The molecule has 1 heterocycles. The average Bonchev–Trinajstić information content (AvgIpc) is 2.80. The third-order valence-electron chi connectivity index (χ3n) is 2.71. The molecule has 0 atom stereocenters. The van der Waals surface area contributed by atoms with E-state index in [-0.39, 0.29) is 11.8 Å². The minimum atomic E-state index is -0.0658. The zero-order valence-electron chi connectivity index (χ0n) is 10.4. The molecule has 1 aromatic heterocycles. The summed E-state index contributed by atoms with van der Waals surface area (Å²) in [4.78, 5) is 23.0. The SMILES string of the molecule is CCC(=O)Nc1ccc2cnn(C(=O)CC)c2c1. The van der Waals surface area contributed by atoms with E-state index in [1.54, 1.807) is 32.2 Å². The zero-order chi connectivity index (χ0) is 13.1. The molecule has 0 aliphatic rings. The third kappa shape index (κ3) is 2.25. The highest BCUT2D eigenvalue weighted by Gasteiger charge is 2.09. The van der Waals surface area contributed by atoms with Crippen molar-refractivity contribution in [1.29, 1.82) is 0 Å². The van der Waals surface area contributed by atoms with Gasteiger partial charge in [0.15, 0.2) is 0 Å². The van der Waals surface area contributed by atoms with Gasteiger partial charge in [-0.3, -0.25) is 9.59 Å². The van der Waals surface area contributed by atoms with Gasteiger partial charge in [0.1, 0.15) is 0 Å². The van der Waals surface area contributed by atoms with E-state index < -0.39 is 0 Å². The van der Waals surface area contributed by atoms with Crippen molar-refractivity contribution >= 4 is 28.4 Å². The summed E-state index contributed by atoms with van der Waals surface area (Å²) in [5.74, 6) is -0.119. The molecule has 0 saturated carbocycles. The van der Waals surface area contributed by atoms with Crippen LogP contribution in [-0.2, 0) is 4.79 Å². The highest BCUT2D eigenvalue weighted by molar-refractivity contribution is 5.96. The third-order valence-corrected chi connectivity index (χ3v) is 2.71. The number of aromatic nitrogens is 2. The van der Waals surface area contributed by atoms with Crippen LogP contribution in [0.15, 0.2) is 24.4 Å². The number of nitrogens with zero attached hydrogens (tertiary/aromatic N) is 2. The smallest absolute Gasteiger partial charge is 0.247 e. The summed E-state index contributed by atoms with van der Waals surface area (Å²) >= 11 is 0. The number of hydrogen-bond acceptors (Lipinski definition) is 3. The molecule has 1 amide bonds. The van der Waals surface area contributed by atoms with Crippen LogP contribution < -0.4 is 5.32 Å². The minimum absolute atomic E-state index is 0.0535. The molecule has 18 heavy (non-hydrogen) atoms. The topological polar surface area (TPSA) is 64.0 Å². The number of amides is 1. The van der Waals surface area contributed by atoms with Crippen molar-refractivity contribution in [3.05, 3.63) is 24.4 Å². The van der Waals surface area contributed by atoms with Crippen LogP contribution in [-0.4, -0.2) is 21.6 Å². The summed E-state index contributed by atoms with van der Waals surface area (Å²) in [6.07, 6.45) is 2.46. The predicted molar refractivity (Wildman–Crippen MR) is 69.6 cm³/mol. The minimum Gasteiger partial charge on any atom is -0.326 e. The molecule has 5 nitrogen and oxygen atoms in total. The second-order valence-electron chi connectivity index (χ2n) is 3.98. The largest absolute Gasteiger partial charge is 0.326 e. The Labute approximate surface area is 105 Å². The molecule has 2 rings (SSSR count). The molecule has 5 heteroatoms. The van der Waals surface area contributed by atoms with Crippen molar-refractivity contribution in [2.24, 2.45) is 0 Å². The van der Waals surface area contributed by atoms with Crippen LogP contribution in [0.3, 0.4) is 0 Å². The van der Waals surface area contributed by atoms with Gasteiger partial charge < -0.3 is 5.32 Å². The first-order valence-corrected chi connectivity index (χ1v) is 5.96. The Hall–Kier alpha value is -2.17. The molecule has 94 valence electrons. The first-order valence-electron chi connectivity index (χ1n) is 5.96. The van der Waals surface area contributed by atoms with E-state index in [4.69, 9.17) is 0 Å². The normalized spacial score (nSPS) is 10.6. The van der Waals surface area contributed by atoms with Crippen LogP contribution in [0, 0.1) is 0 Å². The molecule has 0 fully saturated rings. The Morgan fingerprint density at radius 2 is 2.06 bits per heavy atom. The van der Waals surface area contributed by atoms with Gasteiger partial charge in [-0.1, -0.05) is 13.8 Å². The van der Waals surface area contributed by atoms with Crippen molar-refractivity contribution in [3.63, 3.8) is 0 Å². The molecule has 0 spiro atoms. The molecule has 0 aliphatic carbocycles. The second-order valence-corrected chi connectivity index (χ2v) is 3.98. The van der Waals surface area contributed by atoms with Crippen molar-refractivity contribution in [1.82, 2.24) is 9.78 Å². The first-order chi connectivity index (χ1) is 8.65. The lowest BCUT2D eigenvalue weighted by atomic mass is 10.2. The number of rotatable bonds is 3. The molecule has 1 aromatic carbocycles. The van der Waals surface area contributed by atoms with Crippen LogP contribution in [0.5, 0.6) is 0 Å². The fourth-order valence-corrected chi connectivity index (χ4v) is 1.69. The highest BCUT2D eigenvalue weighted by Crippen LogP contribution is 2.19. The van der Waals surface area contributed by atoms with Crippen molar-refractivity contribution in [3.8, 4) is 0 Å². The van der Waals surface area contributed by atoms with E-state index in [1.807, 2.05) is 6.07 Å². The maximum absolute atomic E-state index is 11.7. The zero-order valence-corrected chi connectivity index (χ0v) is 10.4. The highest BCUT2D eigenvalue weighted by atomic mass is 16.2. The second kappa shape index (κ2) is 5.00. The van der Waals surface area contributed by atoms with E-state index in [2.05, 4.69) is 10.4 Å². The van der Waals surface area contributed by atoms with Gasteiger partial charge in [0.05, 0.1) is 11.7 Å². The molecular formula is C13H15N3O2. The molecule has 2 aromatic rings. The lowest BCUT2D eigenvalue weighted by Gasteiger charge is -2.04. The number of carbonyl (C=O) groups is 2. The van der Waals surface area contributed by atoms with Gasteiger partial charge in [0.2, 0.25) is 11.8 Å². The molecule has 0 radical (unpaired) electrons. The number of fused-ring (bicyclic) bond motifs is 1. The molecule has 0 saturated heterocycles. The summed E-state index contributed by atoms with van der Waals surface area (Å²) < 4.78 is 1.37. The fraction of sp³-hybridized carbons (Fsp3) is 0.308. The summed E-state index contributed by atoms with van der Waals surface area (Å²) in [6, 6.07) is 5.41. The van der Waals surface area contributed by atoms with E-state index in [1.165, 1.54) is 4.68 Å². The van der Waals surface area contributed by atoms with Gasteiger partial charge in [-0.25, -0.2) is 4.68 Å². The molecule has 0 bridgehead atoms. The van der Waals surface area contributed by atoms with Crippen LogP contribution in [0.4, 0.5) is 5.69 Å². The van der Waals surface area contributed by atoms with Crippen molar-refractivity contribution < 1.29 is 9.59 Å². The summed E-state index contributed by atoms with van der Waals surface area (Å²) in [5, 5.41) is 7.71. The molecule has 0 unspecified atom stereocenters. The van der Waals surface area contributed by atoms with Gasteiger partial charge in [0, 0.05) is 23.9 Å². The van der Waals surface area contributed by atoms with Crippen molar-refractivity contribution in [2.75, 3.05) is 5.32 Å². The maximum Gasteiger partial charge on any atom is 0.247 e. The molecular weight excluding hydrogens is 230 g/mol. The van der Waals surface area contributed by atoms with Gasteiger partial charge in [0.25, 0.3) is 0 Å². The van der Waals surface area contributed by atoms with Crippen LogP contribution in [0.1, 0.15) is 31.5 Å². The van der Waals surface area contributed by atoms with E-state index >= 15 is 0 Å². The van der Waals surface area contributed by atoms with Crippen molar-refractivity contribution in [2.45, 2.75) is 26.7 Å². The van der Waals surface area contributed by atoms with Crippen LogP contribution in [0.25, 0.3) is 10.9 Å². The van der Waals surface area contributed by atoms with Gasteiger partial charge in [-0.2, -0.15) is 5.10 Å². The Morgan fingerprint density at radius 3 is 2.72 bits per heavy atom. The Bertz CT molecular complexity index is 601. The number of anilines is 1. The molecule has 1 N–H and O–H groups in total. The van der Waals surface area contributed by atoms with Gasteiger partial charge >= 0.3 is 0 Å². The maximum atomic E-state index is 11.7. The average molecular weight is 245 g/mol. The summed E-state index contributed by atoms with van der Waals surface area (Å²) in [5.41, 5.74) is 1.40. The van der Waals surface area contributed by atoms with E-state index in [0.29, 0.717) is 18.5 Å². The Kier molecular flexibility index (Phi) is 3.41. The fourth-order valence-electron chi connectivity index (χ4n) is 1.69. The quantitative estimate of drug-likeness (QED) is 0.903. The number of nitrogens with one attached hydrogen (secondary N) is 1. The van der Waals surface area contributed by atoms with Crippen LogP contribution in [0.2, 0.25) is 0 Å². The summed E-state index contributed by atoms with van der Waals surface area (Å²) in [6.45, 7) is 3.58. The Balaban J connectivity index is 2.42. The van der Waals surface area contributed by atoms with Crippen LogP contribution >= 0.6 is 0 Å². The number of benzene rings is 1.